The van der Waals surface area contributed by atoms with Crippen LogP contribution in [-0.4, -0.2) is 5.91 Å². The van der Waals surface area contributed by atoms with Crippen molar-refractivity contribution >= 4 is 39.1 Å². The van der Waals surface area contributed by atoms with Gasteiger partial charge in [-0.1, -0.05) is 51.8 Å². The SMILES string of the molecule is O=C(Cc1ccccc1Br)Nc1cccc(Cl)c1. The van der Waals surface area contributed by atoms with E-state index >= 15 is 0 Å². The maximum Gasteiger partial charge on any atom is 0.228 e. The molecule has 92 valence electrons. The van der Waals surface area contributed by atoms with Crippen molar-refractivity contribution in [2.75, 3.05) is 5.32 Å². The molecule has 0 aliphatic carbocycles. The molecule has 0 unspecified atom stereocenters. The van der Waals surface area contributed by atoms with Crippen molar-refractivity contribution < 1.29 is 4.79 Å². The predicted molar refractivity (Wildman–Crippen MR) is 77.9 cm³/mol. The molecule has 0 fully saturated rings. The fourth-order valence-corrected chi connectivity index (χ4v) is 2.20. The third kappa shape index (κ3) is 3.59. The van der Waals surface area contributed by atoms with Gasteiger partial charge in [0.05, 0.1) is 6.42 Å². The number of amides is 1. The van der Waals surface area contributed by atoms with Crippen LogP contribution in [-0.2, 0) is 11.2 Å². The number of hydrogen-bond donors (Lipinski definition) is 1. The van der Waals surface area contributed by atoms with Crippen molar-refractivity contribution in [3.05, 3.63) is 63.6 Å². The van der Waals surface area contributed by atoms with Gasteiger partial charge >= 0.3 is 0 Å². The van der Waals surface area contributed by atoms with Gasteiger partial charge in [-0.15, -0.1) is 0 Å². The molecule has 0 saturated carbocycles. The maximum absolute atomic E-state index is 11.9. The molecule has 18 heavy (non-hydrogen) atoms. The number of carbonyl (C=O) groups is 1. The largest absolute Gasteiger partial charge is 0.326 e. The second kappa shape index (κ2) is 6.03. The van der Waals surface area contributed by atoms with Crippen LogP contribution in [0.2, 0.25) is 5.02 Å². The van der Waals surface area contributed by atoms with E-state index in [0.717, 1.165) is 10.0 Å². The standard InChI is InChI=1S/C14H11BrClNO/c15-13-7-2-1-4-10(13)8-14(18)17-12-6-3-5-11(16)9-12/h1-7,9H,8H2,(H,17,18). The molecule has 2 aromatic carbocycles. The van der Waals surface area contributed by atoms with E-state index in [0.29, 0.717) is 17.1 Å². The van der Waals surface area contributed by atoms with Crippen molar-refractivity contribution in [2.45, 2.75) is 6.42 Å². The molecule has 2 nitrogen and oxygen atoms in total. The summed E-state index contributed by atoms with van der Waals surface area (Å²) in [6.45, 7) is 0. The monoisotopic (exact) mass is 323 g/mol. The molecule has 2 aromatic rings. The molecule has 0 aromatic heterocycles. The average Bonchev–Trinajstić information content (AvgIpc) is 2.32. The van der Waals surface area contributed by atoms with Gasteiger partial charge in [0.25, 0.3) is 0 Å². The molecule has 1 N–H and O–H groups in total. The molecule has 0 saturated heterocycles. The summed E-state index contributed by atoms with van der Waals surface area (Å²) in [6.07, 6.45) is 0.327. The first-order valence-corrected chi connectivity index (χ1v) is 6.61. The van der Waals surface area contributed by atoms with E-state index in [1.165, 1.54) is 0 Å². The van der Waals surface area contributed by atoms with Gasteiger partial charge in [0, 0.05) is 15.2 Å². The summed E-state index contributed by atoms with van der Waals surface area (Å²) in [5, 5.41) is 3.42. The first-order valence-electron chi connectivity index (χ1n) is 5.44. The summed E-state index contributed by atoms with van der Waals surface area (Å²) in [4.78, 5) is 11.9. The van der Waals surface area contributed by atoms with Crippen LogP contribution in [0.3, 0.4) is 0 Å². The highest BCUT2D eigenvalue weighted by molar-refractivity contribution is 9.10. The molecule has 2 rings (SSSR count). The Bertz CT molecular complexity index is 571. The normalized spacial score (nSPS) is 10.1. The number of hydrogen-bond acceptors (Lipinski definition) is 1. The minimum Gasteiger partial charge on any atom is -0.326 e. The fourth-order valence-electron chi connectivity index (χ4n) is 1.59. The summed E-state index contributed by atoms with van der Waals surface area (Å²) < 4.78 is 0.936. The van der Waals surface area contributed by atoms with E-state index in [2.05, 4.69) is 21.2 Å². The summed E-state index contributed by atoms with van der Waals surface area (Å²) in [7, 11) is 0. The Labute approximate surface area is 119 Å². The molecular formula is C14H11BrClNO. The van der Waals surface area contributed by atoms with Gasteiger partial charge in [0.15, 0.2) is 0 Å². The van der Waals surface area contributed by atoms with Gasteiger partial charge in [0.2, 0.25) is 5.91 Å². The zero-order chi connectivity index (χ0) is 13.0. The van der Waals surface area contributed by atoms with Crippen LogP contribution >= 0.6 is 27.5 Å². The van der Waals surface area contributed by atoms with Crippen molar-refractivity contribution in [3.8, 4) is 0 Å². The number of carbonyl (C=O) groups excluding carboxylic acids is 1. The Kier molecular flexibility index (Phi) is 4.39. The smallest absolute Gasteiger partial charge is 0.228 e. The highest BCUT2D eigenvalue weighted by Crippen LogP contribution is 2.18. The zero-order valence-corrected chi connectivity index (χ0v) is 11.8. The molecular weight excluding hydrogens is 314 g/mol. The summed E-state index contributed by atoms with van der Waals surface area (Å²) in [5.41, 5.74) is 1.66. The van der Waals surface area contributed by atoms with E-state index in [4.69, 9.17) is 11.6 Å². The lowest BCUT2D eigenvalue weighted by atomic mass is 10.1. The van der Waals surface area contributed by atoms with E-state index in [-0.39, 0.29) is 5.91 Å². The molecule has 1 amide bonds. The molecule has 0 aliphatic rings. The van der Waals surface area contributed by atoms with Gasteiger partial charge in [-0.25, -0.2) is 0 Å². The Balaban J connectivity index is 2.03. The van der Waals surface area contributed by atoms with E-state index < -0.39 is 0 Å². The molecule has 0 bridgehead atoms. The van der Waals surface area contributed by atoms with Crippen LogP contribution in [0.5, 0.6) is 0 Å². The van der Waals surface area contributed by atoms with Gasteiger partial charge < -0.3 is 5.32 Å². The molecule has 4 heteroatoms. The minimum atomic E-state index is -0.0656. The molecule has 0 spiro atoms. The van der Waals surface area contributed by atoms with E-state index in [9.17, 15) is 4.79 Å². The quantitative estimate of drug-likeness (QED) is 0.897. The Morgan fingerprint density at radius 3 is 2.67 bits per heavy atom. The summed E-state index contributed by atoms with van der Waals surface area (Å²) in [5.74, 6) is -0.0656. The highest BCUT2D eigenvalue weighted by atomic mass is 79.9. The number of nitrogens with one attached hydrogen (secondary N) is 1. The second-order valence-corrected chi connectivity index (χ2v) is 5.12. The van der Waals surface area contributed by atoms with Crippen LogP contribution < -0.4 is 5.32 Å². The first kappa shape index (κ1) is 13.1. The van der Waals surface area contributed by atoms with Gasteiger partial charge in [-0.3, -0.25) is 4.79 Å². The Morgan fingerprint density at radius 2 is 1.94 bits per heavy atom. The lowest BCUT2D eigenvalue weighted by Crippen LogP contribution is -2.14. The number of anilines is 1. The third-order valence-electron chi connectivity index (χ3n) is 2.42. The van der Waals surface area contributed by atoms with E-state index in [1.807, 2.05) is 30.3 Å². The number of benzene rings is 2. The summed E-state index contributed by atoms with van der Waals surface area (Å²) in [6, 6.07) is 14.8. The third-order valence-corrected chi connectivity index (χ3v) is 3.43. The average molecular weight is 325 g/mol. The van der Waals surface area contributed by atoms with Crippen LogP contribution in [0.1, 0.15) is 5.56 Å². The van der Waals surface area contributed by atoms with Gasteiger partial charge in [-0.05, 0) is 29.8 Å². The minimum absolute atomic E-state index is 0.0656. The van der Waals surface area contributed by atoms with Crippen molar-refractivity contribution in [1.82, 2.24) is 0 Å². The van der Waals surface area contributed by atoms with Crippen molar-refractivity contribution in [1.29, 1.82) is 0 Å². The maximum atomic E-state index is 11.9. The Morgan fingerprint density at radius 1 is 1.17 bits per heavy atom. The lowest BCUT2D eigenvalue weighted by Gasteiger charge is -2.06. The first-order chi connectivity index (χ1) is 8.65. The Hall–Kier alpha value is -1.32. The van der Waals surface area contributed by atoms with Crippen LogP contribution in [0.4, 0.5) is 5.69 Å². The highest BCUT2D eigenvalue weighted by Gasteiger charge is 2.06. The molecule has 0 radical (unpaired) electrons. The molecule has 0 heterocycles. The van der Waals surface area contributed by atoms with E-state index in [1.54, 1.807) is 18.2 Å². The predicted octanol–water partition coefficient (Wildman–Crippen LogP) is 4.28. The molecule has 0 atom stereocenters. The van der Waals surface area contributed by atoms with Crippen molar-refractivity contribution in [2.24, 2.45) is 0 Å². The van der Waals surface area contributed by atoms with Crippen LogP contribution in [0.25, 0.3) is 0 Å². The summed E-state index contributed by atoms with van der Waals surface area (Å²) >= 11 is 9.28. The van der Waals surface area contributed by atoms with Crippen LogP contribution in [0, 0.1) is 0 Å². The number of rotatable bonds is 3. The topological polar surface area (TPSA) is 29.1 Å². The molecule has 0 aliphatic heterocycles. The van der Waals surface area contributed by atoms with Crippen LogP contribution in [0.15, 0.2) is 53.0 Å². The van der Waals surface area contributed by atoms with Crippen molar-refractivity contribution in [3.63, 3.8) is 0 Å². The number of halogens is 2. The van der Waals surface area contributed by atoms with Gasteiger partial charge in [-0.2, -0.15) is 0 Å². The second-order valence-electron chi connectivity index (χ2n) is 3.83. The fraction of sp³-hybridized carbons (Fsp3) is 0.0714. The zero-order valence-electron chi connectivity index (χ0n) is 9.49. The van der Waals surface area contributed by atoms with Gasteiger partial charge in [0.1, 0.15) is 0 Å². The lowest BCUT2D eigenvalue weighted by molar-refractivity contribution is -0.115.